The molecule has 4 aromatic rings. The van der Waals surface area contributed by atoms with Crippen LogP contribution in [0.5, 0.6) is 5.75 Å². The van der Waals surface area contributed by atoms with E-state index in [1.165, 1.54) is 7.11 Å². The molecular formula is C25H20Cl2N2O3. The first-order chi connectivity index (χ1) is 15.4. The highest BCUT2D eigenvalue weighted by molar-refractivity contribution is 6.49. The van der Waals surface area contributed by atoms with Crippen LogP contribution in [0.4, 0.5) is 5.69 Å². The third-order valence-corrected chi connectivity index (χ3v) is 5.79. The van der Waals surface area contributed by atoms with Crippen LogP contribution in [0.3, 0.4) is 0 Å². The highest BCUT2D eigenvalue weighted by Gasteiger charge is 2.25. The van der Waals surface area contributed by atoms with Crippen LogP contribution in [0.25, 0.3) is 10.9 Å². The van der Waals surface area contributed by atoms with Crippen LogP contribution in [0.2, 0.25) is 10.0 Å². The van der Waals surface area contributed by atoms with Crippen molar-refractivity contribution in [3.05, 3.63) is 93.6 Å². The van der Waals surface area contributed by atoms with Gasteiger partial charge in [0.25, 0.3) is 11.7 Å². The normalized spacial score (nSPS) is 10.9. The molecule has 0 aliphatic carbocycles. The summed E-state index contributed by atoms with van der Waals surface area (Å²) in [6.07, 6.45) is 0. The van der Waals surface area contributed by atoms with Gasteiger partial charge in [-0.25, -0.2) is 0 Å². The molecule has 7 heteroatoms. The predicted molar refractivity (Wildman–Crippen MR) is 128 cm³/mol. The molecule has 32 heavy (non-hydrogen) atoms. The Bertz CT molecular complexity index is 1330. The molecule has 0 atom stereocenters. The maximum atomic E-state index is 13.2. The van der Waals surface area contributed by atoms with Gasteiger partial charge in [0.05, 0.1) is 12.7 Å². The van der Waals surface area contributed by atoms with Crippen LogP contribution < -0.4 is 10.1 Å². The van der Waals surface area contributed by atoms with Crippen LogP contribution >= 0.6 is 23.2 Å². The van der Waals surface area contributed by atoms with Crippen LogP contribution in [-0.2, 0) is 11.3 Å². The molecule has 0 aliphatic heterocycles. The summed E-state index contributed by atoms with van der Waals surface area (Å²) in [6.45, 7) is 2.35. The number of benzene rings is 3. The van der Waals surface area contributed by atoms with Crippen LogP contribution in [0.15, 0.2) is 66.7 Å². The molecule has 3 aromatic carbocycles. The maximum absolute atomic E-state index is 13.2. The average molecular weight is 467 g/mol. The molecule has 1 heterocycles. The number of nitrogens with zero attached hydrogens (tertiary/aromatic N) is 1. The Hall–Kier alpha value is -3.28. The Labute approximate surface area is 195 Å². The summed E-state index contributed by atoms with van der Waals surface area (Å²) in [7, 11) is 1.54. The van der Waals surface area contributed by atoms with Gasteiger partial charge in [-0.15, -0.1) is 0 Å². The van der Waals surface area contributed by atoms with Gasteiger partial charge in [0.15, 0.2) is 0 Å². The van der Waals surface area contributed by atoms with Crippen molar-refractivity contribution in [3.63, 3.8) is 0 Å². The number of amides is 1. The number of halogens is 2. The first-order valence-electron chi connectivity index (χ1n) is 9.90. The van der Waals surface area contributed by atoms with Crippen molar-refractivity contribution >= 4 is 51.5 Å². The van der Waals surface area contributed by atoms with Crippen molar-refractivity contribution in [1.82, 2.24) is 4.57 Å². The highest BCUT2D eigenvalue weighted by Crippen LogP contribution is 2.30. The second-order valence-electron chi connectivity index (χ2n) is 7.35. The van der Waals surface area contributed by atoms with E-state index in [2.05, 4.69) is 5.32 Å². The lowest BCUT2D eigenvalue weighted by atomic mass is 10.1. The average Bonchev–Trinajstić information content (AvgIpc) is 3.05. The zero-order chi connectivity index (χ0) is 22.8. The van der Waals surface area contributed by atoms with Gasteiger partial charge in [0.2, 0.25) is 0 Å². The number of fused-ring (bicyclic) bond motifs is 1. The minimum Gasteiger partial charge on any atom is -0.497 e. The third kappa shape index (κ3) is 4.35. The summed E-state index contributed by atoms with van der Waals surface area (Å²) in [5, 5.41) is 4.44. The van der Waals surface area contributed by atoms with Gasteiger partial charge in [0, 0.05) is 44.9 Å². The molecule has 0 bridgehead atoms. The fourth-order valence-electron chi connectivity index (χ4n) is 3.72. The molecule has 0 saturated carbocycles. The number of nitrogens with one attached hydrogen (secondary N) is 1. The van der Waals surface area contributed by atoms with E-state index in [1.54, 1.807) is 36.4 Å². The number of hydrogen-bond acceptors (Lipinski definition) is 3. The summed E-state index contributed by atoms with van der Waals surface area (Å²) in [5.74, 6) is -0.780. The molecule has 162 valence electrons. The Balaban J connectivity index is 1.73. The second-order valence-corrected chi connectivity index (χ2v) is 8.22. The quantitative estimate of drug-likeness (QED) is 0.274. The SMILES string of the molecule is COc1cccc(NC(=O)C(=O)c2c(C)n(Cc3ccc(Cl)cc3)c3ccc(Cl)cc23)c1. The molecule has 0 radical (unpaired) electrons. The van der Waals surface area contributed by atoms with Gasteiger partial charge in [-0.1, -0.05) is 41.4 Å². The van der Waals surface area contributed by atoms with Gasteiger partial charge in [-0.05, 0) is 55.0 Å². The van der Waals surface area contributed by atoms with Crippen molar-refractivity contribution in [1.29, 1.82) is 0 Å². The lowest BCUT2D eigenvalue weighted by Gasteiger charge is -2.09. The lowest BCUT2D eigenvalue weighted by molar-refractivity contribution is -0.112. The summed E-state index contributed by atoms with van der Waals surface area (Å²) >= 11 is 12.2. The maximum Gasteiger partial charge on any atom is 0.296 e. The number of rotatable bonds is 6. The molecule has 4 rings (SSSR count). The monoisotopic (exact) mass is 466 g/mol. The van der Waals surface area contributed by atoms with E-state index in [9.17, 15) is 9.59 Å². The summed E-state index contributed by atoms with van der Waals surface area (Å²) in [5.41, 5.74) is 3.33. The topological polar surface area (TPSA) is 60.3 Å². The summed E-state index contributed by atoms with van der Waals surface area (Å²) in [6, 6.07) is 19.7. The third-order valence-electron chi connectivity index (χ3n) is 5.30. The summed E-state index contributed by atoms with van der Waals surface area (Å²) < 4.78 is 7.18. The molecule has 1 amide bonds. The van der Waals surface area contributed by atoms with Crippen molar-refractivity contribution in [2.75, 3.05) is 12.4 Å². The first kappa shape index (κ1) is 21.9. The molecule has 0 spiro atoms. The number of carbonyl (C=O) groups excluding carboxylic acids is 2. The smallest absolute Gasteiger partial charge is 0.296 e. The van der Waals surface area contributed by atoms with Gasteiger partial charge in [0.1, 0.15) is 5.75 Å². The van der Waals surface area contributed by atoms with E-state index in [1.807, 2.05) is 41.8 Å². The number of carbonyl (C=O) groups is 2. The zero-order valence-corrected chi connectivity index (χ0v) is 19.0. The van der Waals surface area contributed by atoms with E-state index in [-0.39, 0.29) is 0 Å². The highest BCUT2D eigenvalue weighted by atomic mass is 35.5. The van der Waals surface area contributed by atoms with E-state index < -0.39 is 11.7 Å². The molecule has 0 fully saturated rings. The minimum absolute atomic E-state index is 0.330. The molecule has 0 unspecified atom stereocenters. The van der Waals surface area contributed by atoms with Crippen LogP contribution in [0, 0.1) is 6.92 Å². The summed E-state index contributed by atoms with van der Waals surface area (Å²) in [4.78, 5) is 26.1. The number of methoxy groups -OCH3 is 1. The van der Waals surface area contributed by atoms with E-state index in [4.69, 9.17) is 27.9 Å². The van der Waals surface area contributed by atoms with E-state index in [0.29, 0.717) is 44.7 Å². The fraction of sp³-hybridized carbons (Fsp3) is 0.120. The molecule has 1 aromatic heterocycles. The number of hydrogen-bond donors (Lipinski definition) is 1. The van der Waals surface area contributed by atoms with Crippen molar-refractivity contribution in [2.24, 2.45) is 0 Å². The number of aromatic nitrogens is 1. The number of Topliss-reactive ketones (excluding diaryl/α,β-unsaturated/α-hetero) is 1. The molecular weight excluding hydrogens is 447 g/mol. The Morgan fingerprint density at radius 1 is 0.969 bits per heavy atom. The van der Waals surface area contributed by atoms with Crippen molar-refractivity contribution < 1.29 is 14.3 Å². The van der Waals surface area contributed by atoms with Crippen molar-refractivity contribution in [2.45, 2.75) is 13.5 Å². The number of ether oxygens (including phenoxy) is 1. The van der Waals surface area contributed by atoms with Crippen molar-refractivity contribution in [3.8, 4) is 5.75 Å². The Morgan fingerprint density at radius 3 is 2.41 bits per heavy atom. The van der Waals surface area contributed by atoms with Gasteiger partial charge in [-0.2, -0.15) is 0 Å². The lowest BCUT2D eigenvalue weighted by Crippen LogP contribution is -2.23. The number of anilines is 1. The zero-order valence-electron chi connectivity index (χ0n) is 17.5. The first-order valence-corrected chi connectivity index (χ1v) is 10.7. The molecule has 1 N–H and O–H groups in total. The molecule has 0 saturated heterocycles. The fourth-order valence-corrected chi connectivity index (χ4v) is 4.02. The standard InChI is InChI=1S/C25H20Cl2N2O3/c1-15-23(24(30)25(31)28-19-4-3-5-20(13-19)32-2)21-12-18(27)10-11-22(21)29(15)14-16-6-8-17(26)9-7-16/h3-13H,14H2,1-2H3,(H,28,31). The number of ketones is 1. The minimum atomic E-state index is -0.730. The predicted octanol–water partition coefficient (Wildman–Crippen LogP) is 6.13. The largest absolute Gasteiger partial charge is 0.497 e. The molecule has 5 nitrogen and oxygen atoms in total. The van der Waals surface area contributed by atoms with Gasteiger partial charge < -0.3 is 14.6 Å². The van der Waals surface area contributed by atoms with Gasteiger partial charge in [-0.3, -0.25) is 9.59 Å². The Morgan fingerprint density at radius 2 is 1.69 bits per heavy atom. The second kappa shape index (κ2) is 9.07. The Kier molecular flexibility index (Phi) is 6.21. The molecule has 0 aliphatic rings. The van der Waals surface area contributed by atoms with E-state index >= 15 is 0 Å². The van der Waals surface area contributed by atoms with Crippen LogP contribution in [0.1, 0.15) is 21.6 Å². The van der Waals surface area contributed by atoms with E-state index in [0.717, 1.165) is 11.1 Å². The van der Waals surface area contributed by atoms with Crippen LogP contribution in [-0.4, -0.2) is 23.4 Å². The van der Waals surface area contributed by atoms with Gasteiger partial charge >= 0.3 is 0 Å².